The van der Waals surface area contributed by atoms with Gasteiger partial charge in [-0.3, -0.25) is 4.79 Å². The molecule has 1 saturated heterocycles. The first-order valence-electron chi connectivity index (χ1n) is 5.95. The van der Waals surface area contributed by atoms with Crippen LogP contribution in [-0.4, -0.2) is 18.5 Å². The average Bonchev–Trinajstić information content (AvgIpc) is 2.32. The Morgan fingerprint density at radius 3 is 2.94 bits per heavy atom. The maximum Gasteiger partial charge on any atom is 0.227 e. The topological polar surface area (TPSA) is 41.1 Å². The second-order valence-electron chi connectivity index (χ2n) is 4.55. The Balaban J connectivity index is 1.99. The zero-order valence-electron chi connectivity index (χ0n) is 9.87. The minimum Gasteiger partial charge on any atom is -0.325 e. The first-order valence-corrected chi connectivity index (χ1v) is 7.03. The average molecular weight is 344 g/mol. The number of benzene rings is 1. The highest BCUT2D eigenvalue weighted by Crippen LogP contribution is 2.21. The summed E-state index contributed by atoms with van der Waals surface area (Å²) < 4.78 is 1.08. The highest BCUT2D eigenvalue weighted by atomic mass is 127. The molecule has 1 heterocycles. The van der Waals surface area contributed by atoms with Crippen LogP contribution in [0, 0.1) is 9.49 Å². The van der Waals surface area contributed by atoms with E-state index in [1.807, 2.05) is 24.3 Å². The Kier molecular flexibility index (Phi) is 4.39. The molecule has 0 aromatic heterocycles. The molecule has 0 aliphatic carbocycles. The van der Waals surface area contributed by atoms with E-state index in [0.29, 0.717) is 6.04 Å². The van der Waals surface area contributed by atoms with Crippen LogP contribution in [-0.2, 0) is 4.79 Å². The lowest BCUT2D eigenvalue weighted by Gasteiger charge is -2.27. The van der Waals surface area contributed by atoms with Crippen molar-refractivity contribution in [1.29, 1.82) is 0 Å². The van der Waals surface area contributed by atoms with E-state index in [1.165, 1.54) is 0 Å². The standard InChI is InChI=1S/C13H17IN2O/c1-9-8-10(6-7-15-9)13(17)16-12-5-3-2-4-11(12)14/h2-5,9-10,15H,6-8H2,1H3,(H,16,17). The van der Waals surface area contributed by atoms with Gasteiger partial charge in [0.1, 0.15) is 0 Å². The summed E-state index contributed by atoms with van der Waals surface area (Å²) in [6, 6.07) is 8.31. The Hall–Kier alpha value is -0.620. The first kappa shape index (κ1) is 12.8. The van der Waals surface area contributed by atoms with Crippen LogP contribution in [0.5, 0.6) is 0 Å². The fourth-order valence-electron chi connectivity index (χ4n) is 2.17. The van der Waals surface area contributed by atoms with E-state index in [9.17, 15) is 4.79 Å². The summed E-state index contributed by atoms with van der Waals surface area (Å²) in [5, 5.41) is 6.39. The van der Waals surface area contributed by atoms with Gasteiger partial charge in [0.05, 0.1) is 5.69 Å². The van der Waals surface area contributed by atoms with Gasteiger partial charge in [-0.25, -0.2) is 0 Å². The smallest absolute Gasteiger partial charge is 0.227 e. The third-order valence-electron chi connectivity index (χ3n) is 3.13. The number of hydrogen-bond acceptors (Lipinski definition) is 2. The molecular weight excluding hydrogens is 327 g/mol. The molecule has 1 aromatic carbocycles. The zero-order chi connectivity index (χ0) is 12.3. The van der Waals surface area contributed by atoms with E-state index in [2.05, 4.69) is 40.1 Å². The molecule has 1 fully saturated rings. The molecular formula is C13H17IN2O. The predicted molar refractivity (Wildman–Crippen MR) is 78.0 cm³/mol. The molecule has 3 nitrogen and oxygen atoms in total. The summed E-state index contributed by atoms with van der Waals surface area (Å²) in [5.74, 6) is 0.296. The molecule has 2 N–H and O–H groups in total. The van der Waals surface area contributed by atoms with Crippen molar-refractivity contribution in [2.45, 2.75) is 25.8 Å². The quantitative estimate of drug-likeness (QED) is 0.810. The maximum absolute atomic E-state index is 12.1. The number of halogens is 1. The van der Waals surface area contributed by atoms with Crippen molar-refractivity contribution in [2.75, 3.05) is 11.9 Å². The minimum absolute atomic E-state index is 0.141. The van der Waals surface area contributed by atoms with Crippen LogP contribution in [0.3, 0.4) is 0 Å². The number of anilines is 1. The first-order chi connectivity index (χ1) is 8.16. The lowest BCUT2D eigenvalue weighted by Crippen LogP contribution is -2.40. The second-order valence-corrected chi connectivity index (χ2v) is 5.71. The molecule has 1 aliphatic rings. The largest absolute Gasteiger partial charge is 0.325 e. The van der Waals surface area contributed by atoms with Crippen molar-refractivity contribution in [3.63, 3.8) is 0 Å². The molecule has 1 amide bonds. The van der Waals surface area contributed by atoms with Gasteiger partial charge in [-0.2, -0.15) is 0 Å². The van der Waals surface area contributed by atoms with Crippen LogP contribution in [0.15, 0.2) is 24.3 Å². The second kappa shape index (κ2) is 5.82. The van der Waals surface area contributed by atoms with Crippen LogP contribution in [0.1, 0.15) is 19.8 Å². The molecule has 17 heavy (non-hydrogen) atoms. The SMILES string of the molecule is CC1CC(C(=O)Nc2ccccc2I)CCN1. The minimum atomic E-state index is 0.141. The molecule has 2 unspecified atom stereocenters. The number of carbonyl (C=O) groups is 1. The number of piperidine rings is 1. The van der Waals surface area contributed by atoms with Crippen molar-refractivity contribution in [3.05, 3.63) is 27.8 Å². The van der Waals surface area contributed by atoms with Gasteiger partial charge < -0.3 is 10.6 Å². The van der Waals surface area contributed by atoms with Crippen molar-refractivity contribution < 1.29 is 4.79 Å². The Morgan fingerprint density at radius 1 is 1.47 bits per heavy atom. The van der Waals surface area contributed by atoms with Crippen LogP contribution in [0.25, 0.3) is 0 Å². The molecule has 0 bridgehead atoms. The monoisotopic (exact) mass is 344 g/mol. The lowest BCUT2D eigenvalue weighted by molar-refractivity contribution is -0.120. The Labute approximate surface area is 116 Å². The van der Waals surface area contributed by atoms with Crippen LogP contribution in [0.4, 0.5) is 5.69 Å². The summed E-state index contributed by atoms with van der Waals surface area (Å²) in [5.41, 5.74) is 0.921. The van der Waals surface area contributed by atoms with Gasteiger partial charge >= 0.3 is 0 Å². The van der Waals surface area contributed by atoms with Crippen LogP contribution >= 0.6 is 22.6 Å². The van der Waals surface area contributed by atoms with Crippen molar-refractivity contribution in [1.82, 2.24) is 5.32 Å². The van der Waals surface area contributed by atoms with Crippen molar-refractivity contribution in [2.24, 2.45) is 5.92 Å². The van der Waals surface area contributed by atoms with E-state index >= 15 is 0 Å². The van der Waals surface area contributed by atoms with Gasteiger partial charge in [0.25, 0.3) is 0 Å². The zero-order valence-corrected chi connectivity index (χ0v) is 12.0. The van der Waals surface area contributed by atoms with Gasteiger partial charge in [0.15, 0.2) is 0 Å². The van der Waals surface area contributed by atoms with Crippen molar-refractivity contribution in [3.8, 4) is 0 Å². The summed E-state index contributed by atoms with van der Waals surface area (Å²) in [7, 11) is 0. The van der Waals surface area contributed by atoms with E-state index in [1.54, 1.807) is 0 Å². The van der Waals surface area contributed by atoms with Gasteiger partial charge in [0.2, 0.25) is 5.91 Å². The number of para-hydroxylation sites is 1. The van der Waals surface area contributed by atoms with Crippen LogP contribution in [0.2, 0.25) is 0 Å². The molecule has 2 rings (SSSR count). The summed E-state index contributed by atoms with van der Waals surface area (Å²) in [6.07, 6.45) is 1.86. The summed E-state index contributed by atoms with van der Waals surface area (Å²) in [6.45, 7) is 3.07. The Morgan fingerprint density at radius 2 is 2.24 bits per heavy atom. The molecule has 1 aromatic rings. The number of nitrogens with one attached hydrogen (secondary N) is 2. The fourth-order valence-corrected chi connectivity index (χ4v) is 2.69. The normalized spacial score (nSPS) is 24.4. The third kappa shape index (κ3) is 3.42. The Bertz CT molecular complexity index is 408. The van der Waals surface area contributed by atoms with Gasteiger partial charge in [-0.15, -0.1) is 0 Å². The number of hydrogen-bond donors (Lipinski definition) is 2. The summed E-state index contributed by atoms with van der Waals surface area (Å²) in [4.78, 5) is 12.1. The third-order valence-corrected chi connectivity index (χ3v) is 4.07. The van der Waals surface area contributed by atoms with E-state index in [0.717, 1.165) is 28.6 Å². The number of amides is 1. The molecule has 2 atom stereocenters. The molecule has 4 heteroatoms. The molecule has 0 saturated carbocycles. The van der Waals surface area contributed by atoms with Crippen LogP contribution < -0.4 is 10.6 Å². The number of carbonyl (C=O) groups excluding carboxylic acids is 1. The highest BCUT2D eigenvalue weighted by molar-refractivity contribution is 14.1. The predicted octanol–water partition coefficient (Wildman–Crippen LogP) is 2.62. The van der Waals surface area contributed by atoms with E-state index < -0.39 is 0 Å². The van der Waals surface area contributed by atoms with Gasteiger partial charge in [-0.1, -0.05) is 12.1 Å². The molecule has 1 aliphatic heterocycles. The van der Waals surface area contributed by atoms with E-state index in [-0.39, 0.29) is 11.8 Å². The molecule has 92 valence electrons. The van der Waals surface area contributed by atoms with Crippen molar-refractivity contribution >= 4 is 34.2 Å². The lowest BCUT2D eigenvalue weighted by atomic mass is 9.92. The number of rotatable bonds is 2. The molecule has 0 spiro atoms. The summed E-state index contributed by atoms with van der Waals surface area (Å²) >= 11 is 2.24. The fraction of sp³-hybridized carbons (Fsp3) is 0.462. The highest BCUT2D eigenvalue weighted by Gasteiger charge is 2.24. The molecule has 0 radical (unpaired) electrons. The van der Waals surface area contributed by atoms with Gasteiger partial charge in [-0.05, 0) is 61.0 Å². The maximum atomic E-state index is 12.1. The van der Waals surface area contributed by atoms with E-state index in [4.69, 9.17) is 0 Å². The van der Waals surface area contributed by atoms with Gasteiger partial charge in [0, 0.05) is 15.5 Å².